The van der Waals surface area contributed by atoms with Crippen molar-refractivity contribution in [2.24, 2.45) is 5.92 Å². The molecule has 4 rings (SSSR count). The number of carbonyl (C=O) groups excluding carboxylic acids is 2. The Kier molecular flexibility index (Phi) is 5.34. The Morgan fingerprint density at radius 1 is 1.04 bits per heavy atom. The predicted molar refractivity (Wildman–Crippen MR) is 104 cm³/mol. The summed E-state index contributed by atoms with van der Waals surface area (Å²) in [6.45, 7) is 4.73. The first kappa shape index (κ1) is 18.3. The number of nitrogens with zero attached hydrogens (tertiary/aromatic N) is 3. The van der Waals surface area contributed by atoms with Crippen LogP contribution in [0.5, 0.6) is 5.75 Å². The molecule has 6 heteroatoms. The smallest absolute Gasteiger partial charge is 0.229 e. The van der Waals surface area contributed by atoms with Crippen molar-refractivity contribution < 1.29 is 14.3 Å². The lowest BCUT2D eigenvalue weighted by molar-refractivity contribution is -0.148. The number of hydrogen-bond acceptors (Lipinski definition) is 5. The lowest BCUT2D eigenvalue weighted by Gasteiger charge is -2.34. The molecule has 2 atom stereocenters. The maximum absolute atomic E-state index is 11.9. The molecular weight excluding hydrogens is 342 g/mol. The Morgan fingerprint density at radius 2 is 1.81 bits per heavy atom. The number of likely N-dealkylation sites (tertiary alicyclic amines) is 2. The van der Waals surface area contributed by atoms with E-state index in [-0.39, 0.29) is 11.8 Å². The monoisotopic (exact) mass is 371 g/mol. The maximum atomic E-state index is 11.9. The molecule has 3 aliphatic rings. The van der Waals surface area contributed by atoms with Crippen molar-refractivity contribution in [2.45, 2.75) is 38.1 Å². The van der Waals surface area contributed by atoms with Crippen molar-refractivity contribution in [2.75, 3.05) is 44.7 Å². The Hall–Kier alpha value is -2.08. The summed E-state index contributed by atoms with van der Waals surface area (Å²) < 4.78 is 5.56. The second-order valence-corrected chi connectivity index (χ2v) is 7.99. The highest BCUT2D eigenvalue weighted by molar-refractivity contribution is 5.97. The zero-order valence-corrected chi connectivity index (χ0v) is 16.1. The van der Waals surface area contributed by atoms with Crippen LogP contribution >= 0.6 is 0 Å². The van der Waals surface area contributed by atoms with Gasteiger partial charge >= 0.3 is 0 Å². The highest BCUT2D eigenvalue weighted by Crippen LogP contribution is 2.38. The molecule has 0 N–H and O–H groups in total. The summed E-state index contributed by atoms with van der Waals surface area (Å²) in [5.74, 6) is 1.63. The molecule has 1 aromatic rings. The van der Waals surface area contributed by atoms with Gasteiger partial charge in [-0.25, -0.2) is 0 Å². The van der Waals surface area contributed by atoms with Gasteiger partial charge in [0.05, 0.1) is 12.8 Å². The highest BCUT2D eigenvalue weighted by Gasteiger charge is 2.39. The van der Waals surface area contributed by atoms with Crippen molar-refractivity contribution in [1.82, 2.24) is 9.80 Å². The summed E-state index contributed by atoms with van der Waals surface area (Å²) >= 11 is 0. The number of piperidine rings is 2. The Morgan fingerprint density at radius 3 is 2.59 bits per heavy atom. The first-order valence-corrected chi connectivity index (χ1v) is 10.1. The number of carbonyl (C=O) groups is 2. The molecule has 3 heterocycles. The molecular formula is C21H29N3O3. The number of fused-ring (bicyclic) bond motifs is 2. The average Bonchev–Trinajstić information content (AvgIpc) is 2.98. The van der Waals surface area contributed by atoms with Crippen molar-refractivity contribution in [3.8, 4) is 5.75 Å². The summed E-state index contributed by atoms with van der Waals surface area (Å²) in [7, 11) is 1.73. The minimum absolute atomic E-state index is 0.00677. The quantitative estimate of drug-likeness (QED) is 0.717. The van der Waals surface area contributed by atoms with E-state index >= 15 is 0 Å². The number of rotatable bonds is 6. The number of imide groups is 1. The van der Waals surface area contributed by atoms with E-state index in [9.17, 15) is 9.59 Å². The average molecular weight is 371 g/mol. The van der Waals surface area contributed by atoms with Gasteiger partial charge in [-0.2, -0.15) is 0 Å². The lowest BCUT2D eigenvalue weighted by atomic mass is 10.00. The van der Waals surface area contributed by atoms with Crippen LogP contribution in [-0.4, -0.2) is 67.5 Å². The molecule has 0 aromatic heterocycles. The molecule has 1 aromatic carbocycles. The molecule has 3 aliphatic heterocycles. The molecule has 3 fully saturated rings. The largest absolute Gasteiger partial charge is 0.495 e. The fraction of sp³-hybridized carbons (Fsp3) is 0.619. The molecule has 6 nitrogen and oxygen atoms in total. The van der Waals surface area contributed by atoms with Gasteiger partial charge < -0.3 is 14.5 Å². The Bertz CT molecular complexity index is 692. The zero-order valence-electron chi connectivity index (χ0n) is 16.1. The second kappa shape index (κ2) is 7.89. The van der Waals surface area contributed by atoms with Gasteiger partial charge in [0, 0.05) is 45.1 Å². The standard InChI is InChI=1S/C21H29N3O3/c1-27-19-7-3-2-6-18(19)24-14-16-12-17(24)15-22(13-16)10-5-11-23-20(25)8-4-9-21(23)26/h2-3,6-7,16-17H,4-5,8-15H2,1H3/t16-,17+/m0/s1. The fourth-order valence-electron chi connectivity index (χ4n) is 4.90. The summed E-state index contributed by atoms with van der Waals surface area (Å²) in [6.07, 6.45) is 3.85. The van der Waals surface area contributed by atoms with E-state index in [1.54, 1.807) is 7.11 Å². The number of ether oxygens (including phenoxy) is 1. The third-order valence-electron chi connectivity index (χ3n) is 6.12. The third kappa shape index (κ3) is 3.81. The van der Waals surface area contributed by atoms with E-state index < -0.39 is 0 Å². The van der Waals surface area contributed by atoms with Gasteiger partial charge in [-0.05, 0) is 43.9 Å². The Labute approximate surface area is 161 Å². The normalized spacial score (nSPS) is 26.0. The van der Waals surface area contributed by atoms with Crippen LogP contribution in [0, 0.1) is 5.92 Å². The minimum atomic E-state index is 0.00677. The molecule has 27 heavy (non-hydrogen) atoms. The minimum Gasteiger partial charge on any atom is -0.495 e. The first-order chi connectivity index (χ1) is 13.2. The number of anilines is 1. The van der Waals surface area contributed by atoms with Crippen LogP contribution in [-0.2, 0) is 9.59 Å². The van der Waals surface area contributed by atoms with Crippen LogP contribution in [0.1, 0.15) is 32.1 Å². The maximum Gasteiger partial charge on any atom is 0.229 e. The molecule has 3 saturated heterocycles. The fourth-order valence-corrected chi connectivity index (χ4v) is 4.90. The van der Waals surface area contributed by atoms with E-state index in [2.05, 4.69) is 21.9 Å². The van der Waals surface area contributed by atoms with E-state index in [4.69, 9.17) is 4.74 Å². The van der Waals surface area contributed by atoms with Gasteiger partial charge in [-0.15, -0.1) is 0 Å². The molecule has 2 bridgehead atoms. The van der Waals surface area contributed by atoms with E-state index in [1.165, 1.54) is 17.0 Å². The number of hydrogen-bond donors (Lipinski definition) is 0. The van der Waals surface area contributed by atoms with Crippen LogP contribution in [0.3, 0.4) is 0 Å². The van der Waals surface area contributed by atoms with Crippen molar-refractivity contribution in [3.63, 3.8) is 0 Å². The third-order valence-corrected chi connectivity index (χ3v) is 6.12. The topological polar surface area (TPSA) is 53.1 Å². The zero-order chi connectivity index (χ0) is 18.8. The number of methoxy groups -OCH3 is 1. The molecule has 2 amide bonds. The van der Waals surface area contributed by atoms with E-state index in [0.29, 0.717) is 37.8 Å². The van der Waals surface area contributed by atoms with E-state index in [0.717, 1.165) is 38.3 Å². The Balaban J connectivity index is 1.33. The predicted octanol–water partition coefficient (Wildman–Crippen LogP) is 2.13. The van der Waals surface area contributed by atoms with Crippen LogP contribution in [0.2, 0.25) is 0 Å². The van der Waals surface area contributed by atoms with Gasteiger partial charge in [0.1, 0.15) is 5.75 Å². The summed E-state index contributed by atoms with van der Waals surface area (Å²) in [5.41, 5.74) is 1.19. The summed E-state index contributed by atoms with van der Waals surface area (Å²) in [5, 5.41) is 0. The van der Waals surface area contributed by atoms with Gasteiger partial charge in [-0.1, -0.05) is 12.1 Å². The molecule has 146 valence electrons. The van der Waals surface area contributed by atoms with Crippen LogP contribution in [0.25, 0.3) is 0 Å². The van der Waals surface area contributed by atoms with Gasteiger partial charge in [0.2, 0.25) is 11.8 Å². The number of para-hydroxylation sites is 2. The van der Waals surface area contributed by atoms with Crippen molar-refractivity contribution in [1.29, 1.82) is 0 Å². The van der Waals surface area contributed by atoms with Gasteiger partial charge in [-0.3, -0.25) is 14.5 Å². The van der Waals surface area contributed by atoms with Crippen LogP contribution in [0.15, 0.2) is 24.3 Å². The van der Waals surface area contributed by atoms with Crippen LogP contribution in [0.4, 0.5) is 5.69 Å². The van der Waals surface area contributed by atoms with Crippen LogP contribution < -0.4 is 9.64 Å². The lowest BCUT2D eigenvalue weighted by Crippen LogP contribution is -2.45. The van der Waals surface area contributed by atoms with Gasteiger partial charge in [0.25, 0.3) is 0 Å². The molecule has 0 aliphatic carbocycles. The molecule has 0 unspecified atom stereocenters. The van der Waals surface area contributed by atoms with Gasteiger partial charge in [0.15, 0.2) is 0 Å². The molecule has 0 spiro atoms. The highest BCUT2D eigenvalue weighted by atomic mass is 16.5. The molecule has 0 radical (unpaired) electrons. The van der Waals surface area contributed by atoms with Crippen molar-refractivity contribution >= 4 is 17.5 Å². The number of amides is 2. The summed E-state index contributed by atoms with van der Waals surface area (Å²) in [4.78, 5) is 30.4. The molecule has 0 saturated carbocycles. The summed E-state index contributed by atoms with van der Waals surface area (Å²) in [6, 6.07) is 8.78. The first-order valence-electron chi connectivity index (χ1n) is 10.1. The van der Waals surface area contributed by atoms with E-state index in [1.807, 2.05) is 12.1 Å². The number of benzene rings is 1. The second-order valence-electron chi connectivity index (χ2n) is 7.99. The van der Waals surface area contributed by atoms with Crippen molar-refractivity contribution in [3.05, 3.63) is 24.3 Å². The SMILES string of the molecule is COc1ccccc1N1C[C@H]2C[C@@H]1CN(CCCN1C(=O)CCCC1=O)C2.